The molecule has 0 aromatic heterocycles. The van der Waals surface area contributed by atoms with Gasteiger partial charge in [-0.15, -0.1) is 0 Å². The summed E-state index contributed by atoms with van der Waals surface area (Å²) < 4.78 is 13.5. The first-order valence-corrected chi connectivity index (χ1v) is 11.2. The van der Waals surface area contributed by atoms with Crippen LogP contribution in [0.25, 0.3) is 0 Å². The van der Waals surface area contributed by atoms with Crippen LogP contribution in [0.1, 0.15) is 49.9 Å². The van der Waals surface area contributed by atoms with Crippen LogP contribution in [0.15, 0.2) is 24.3 Å². The SMILES string of the molecule is CC(C)C(=O)N1CCC2(CC1)NC(=O)N([C@@H]1CCCN(C(=O)c3cccc(F)c3)C1)C2=O. The van der Waals surface area contributed by atoms with Gasteiger partial charge in [-0.2, -0.15) is 0 Å². The number of piperidine rings is 2. The Balaban J connectivity index is 1.45. The Kier molecular flexibility index (Phi) is 5.92. The first-order valence-electron chi connectivity index (χ1n) is 11.2. The number of hydrogen-bond acceptors (Lipinski definition) is 4. The number of hydrogen-bond donors (Lipinski definition) is 1. The number of benzene rings is 1. The van der Waals surface area contributed by atoms with Gasteiger partial charge in [0.15, 0.2) is 0 Å². The molecule has 0 unspecified atom stereocenters. The third-order valence-electron chi connectivity index (χ3n) is 6.74. The van der Waals surface area contributed by atoms with Gasteiger partial charge in [-0.1, -0.05) is 19.9 Å². The van der Waals surface area contributed by atoms with Crippen LogP contribution in [0.3, 0.4) is 0 Å². The Labute approximate surface area is 186 Å². The van der Waals surface area contributed by atoms with Crippen LogP contribution in [0.4, 0.5) is 9.18 Å². The fourth-order valence-corrected chi connectivity index (χ4v) is 4.94. The average Bonchev–Trinajstić information content (AvgIpc) is 3.02. The largest absolute Gasteiger partial charge is 0.342 e. The molecule has 1 aromatic rings. The number of nitrogens with zero attached hydrogens (tertiary/aromatic N) is 3. The van der Waals surface area contributed by atoms with Gasteiger partial charge < -0.3 is 15.1 Å². The van der Waals surface area contributed by atoms with E-state index >= 15 is 0 Å². The Morgan fingerprint density at radius 3 is 2.50 bits per heavy atom. The molecule has 8 nitrogen and oxygen atoms in total. The zero-order chi connectivity index (χ0) is 23.0. The van der Waals surface area contributed by atoms with Crippen LogP contribution in [-0.2, 0) is 9.59 Å². The van der Waals surface area contributed by atoms with Gasteiger partial charge in [0.1, 0.15) is 11.4 Å². The summed E-state index contributed by atoms with van der Waals surface area (Å²) in [5.41, 5.74) is -0.735. The molecule has 32 heavy (non-hydrogen) atoms. The van der Waals surface area contributed by atoms with Crippen LogP contribution in [0.5, 0.6) is 0 Å². The van der Waals surface area contributed by atoms with Gasteiger partial charge in [-0.25, -0.2) is 9.18 Å². The van der Waals surface area contributed by atoms with Crippen LogP contribution in [0, 0.1) is 11.7 Å². The fraction of sp³-hybridized carbons (Fsp3) is 0.565. The van der Waals surface area contributed by atoms with Gasteiger partial charge in [-0.05, 0) is 43.9 Å². The maximum absolute atomic E-state index is 13.5. The summed E-state index contributed by atoms with van der Waals surface area (Å²) in [5.74, 6) is -1.13. The molecule has 0 saturated carbocycles. The molecule has 9 heteroatoms. The number of nitrogens with one attached hydrogen (secondary N) is 1. The van der Waals surface area contributed by atoms with Gasteiger partial charge >= 0.3 is 6.03 Å². The van der Waals surface area contributed by atoms with E-state index in [-0.39, 0.29) is 35.7 Å². The molecular formula is C23H29FN4O4. The van der Waals surface area contributed by atoms with Gasteiger partial charge in [-0.3, -0.25) is 19.3 Å². The molecule has 1 spiro atoms. The lowest BCUT2D eigenvalue weighted by Gasteiger charge is -2.39. The van der Waals surface area contributed by atoms with E-state index in [1.165, 1.54) is 23.1 Å². The van der Waals surface area contributed by atoms with Gasteiger partial charge in [0.25, 0.3) is 11.8 Å². The van der Waals surface area contributed by atoms with Crippen molar-refractivity contribution in [2.45, 2.75) is 51.1 Å². The molecule has 0 bridgehead atoms. The number of halogens is 1. The highest BCUT2D eigenvalue weighted by molar-refractivity contribution is 6.07. The third-order valence-corrected chi connectivity index (χ3v) is 6.74. The fourth-order valence-electron chi connectivity index (χ4n) is 4.94. The molecular weight excluding hydrogens is 415 g/mol. The molecule has 0 radical (unpaired) electrons. The molecule has 172 valence electrons. The van der Waals surface area contributed by atoms with Crippen molar-refractivity contribution in [2.75, 3.05) is 26.2 Å². The van der Waals surface area contributed by atoms with Crippen molar-refractivity contribution in [2.24, 2.45) is 5.92 Å². The molecule has 3 aliphatic heterocycles. The maximum atomic E-state index is 13.5. The van der Waals surface area contributed by atoms with Crippen molar-refractivity contribution in [1.82, 2.24) is 20.0 Å². The van der Waals surface area contributed by atoms with Crippen molar-refractivity contribution in [1.29, 1.82) is 0 Å². The Morgan fingerprint density at radius 2 is 1.84 bits per heavy atom. The lowest BCUT2D eigenvalue weighted by Crippen LogP contribution is -2.57. The molecule has 1 atom stereocenters. The number of imide groups is 1. The van der Waals surface area contributed by atoms with Crippen LogP contribution in [0.2, 0.25) is 0 Å². The van der Waals surface area contributed by atoms with Gasteiger partial charge in [0.05, 0.1) is 6.04 Å². The topological polar surface area (TPSA) is 90.0 Å². The smallest absolute Gasteiger partial charge is 0.325 e. The van der Waals surface area contributed by atoms with E-state index in [2.05, 4.69) is 5.32 Å². The highest BCUT2D eigenvalue weighted by Gasteiger charge is 2.55. The quantitative estimate of drug-likeness (QED) is 0.722. The molecule has 5 amide bonds. The van der Waals surface area contributed by atoms with Crippen molar-refractivity contribution in [3.8, 4) is 0 Å². The summed E-state index contributed by atoms with van der Waals surface area (Å²) in [4.78, 5) is 55.9. The standard InChI is InChI=1S/C23H29FN4O4/c1-15(2)19(29)26-11-8-23(9-12-26)21(31)28(22(32)25-23)18-7-4-10-27(14-18)20(30)16-5-3-6-17(24)13-16/h3,5-6,13,15,18H,4,7-12,14H2,1-2H3,(H,25,32)/t18-/m1/s1. The van der Waals surface area contributed by atoms with E-state index in [1.807, 2.05) is 13.8 Å². The van der Waals surface area contributed by atoms with Crippen molar-refractivity contribution in [3.63, 3.8) is 0 Å². The number of amides is 5. The molecule has 0 aliphatic carbocycles. The summed E-state index contributed by atoms with van der Waals surface area (Å²) in [6.07, 6.45) is 2.02. The van der Waals surface area contributed by atoms with Crippen molar-refractivity contribution >= 4 is 23.8 Å². The minimum atomic E-state index is -0.986. The van der Waals surface area contributed by atoms with Crippen LogP contribution < -0.4 is 5.32 Å². The predicted octanol–water partition coefficient (Wildman–Crippen LogP) is 2.00. The van der Waals surface area contributed by atoms with E-state index in [4.69, 9.17) is 0 Å². The van der Waals surface area contributed by atoms with Gasteiger partial charge in [0, 0.05) is 37.7 Å². The van der Waals surface area contributed by atoms with Crippen LogP contribution >= 0.6 is 0 Å². The summed E-state index contributed by atoms with van der Waals surface area (Å²) >= 11 is 0. The second-order valence-electron chi connectivity index (χ2n) is 9.22. The van der Waals surface area contributed by atoms with E-state index in [1.54, 1.807) is 15.9 Å². The first kappa shape index (κ1) is 22.2. The molecule has 3 aliphatic rings. The number of carbonyl (C=O) groups excluding carboxylic acids is 4. The molecule has 3 heterocycles. The normalized spacial score (nSPS) is 23.1. The summed E-state index contributed by atoms with van der Waals surface area (Å²) in [7, 11) is 0. The lowest BCUT2D eigenvalue weighted by molar-refractivity contribution is -0.141. The monoisotopic (exact) mass is 444 g/mol. The number of rotatable bonds is 3. The Hall–Kier alpha value is -2.97. The van der Waals surface area contributed by atoms with Gasteiger partial charge in [0.2, 0.25) is 5.91 Å². The van der Waals surface area contributed by atoms with E-state index < -0.39 is 23.4 Å². The predicted molar refractivity (Wildman–Crippen MR) is 114 cm³/mol. The minimum Gasteiger partial charge on any atom is -0.342 e. The van der Waals surface area contributed by atoms with Crippen LogP contribution in [-0.4, -0.2) is 76.2 Å². The third kappa shape index (κ3) is 3.96. The second-order valence-corrected chi connectivity index (χ2v) is 9.22. The minimum absolute atomic E-state index is 0.0484. The van der Waals surface area contributed by atoms with E-state index in [0.29, 0.717) is 45.3 Å². The lowest BCUT2D eigenvalue weighted by atomic mass is 9.86. The zero-order valence-electron chi connectivity index (χ0n) is 18.5. The average molecular weight is 445 g/mol. The Morgan fingerprint density at radius 1 is 1.12 bits per heavy atom. The molecule has 3 saturated heterocycles. The number of carbonyl (C=O) groups is 4. The molecule has 3 fully saturated rings. The molecule has 1 N–H and O–H groups in total. The van der Waals surface area contributed by atoms with Crippen molar-refractivity contribution < 1.29 is 23.6 Å². The highest BCUT2D eigenvalue weighted by Crippen LogP contribution is 2.33. The number of urea groups is 1. The zero-order valence-corrected chi connectivity index (χ0v) is 18.5. The summed E-state index contributed by atoms with van der Waals surface area (Å²) in [5, 5.41) is 2.88. The van der Waals surface area contributed by atoms with E-state index in [0.717, 1.165) is 0 Å². The maximum Gasteiger partial charge on any atom is 0.325 e. The highest BCUT2D eigenvalue weighted by atomic mass is 19.1. The summed E-state index contributed by atoms with van der Waals surface area (Å²) in [6, 6.07) is 4.65. The molecule has 4 rings (SSSR count). The number of likely N-dealkylation sites (tertiary alicyclic amines) is 2. The second kappa shape index (κ2) is 8.52. The summed E-state index contributed by atoms with van der Waals surface area (Å²) in [6.45, 7) is 5.25. The van der Waals surface area contributed by atoms with E-state index in [9.17, 15) is 23.6 Å². The van der Waals surface area contributed by atoms with Crippen molar-refractivity contribution in [3.05, 3.63) is 35.6 Å². The Bertz CT molecular complexity index is 942. The first-order chi connectivity index (χ1) is 15.2. The molecule has 1 aromatic carbocycles.